The number of nitrogens with zero attached hydrogens (tertiary/aromatic N) is 1. The van der Waals surface area contributed by atoms with Crippen molar-refractivity contribution in [3.8, 4) is 6.07 Å². The summed E-state index contributed by atoms with van der Waals surface area (Å²) in [5, 5.41) is 11.9. The van der Waals surface area contributed by atoms with Crippen molar-refractivity contribution in [2.45, 2.75) is 39.2 Å². The van der Waals surface area contributed by atoms with Gasteiger partial charge in [0.1, 0.15) is 5.54 Å². The second kappa shape index (κ2) is 4.29. The Kier molecular flexibility index (Phi) is 4.06. The predicted octanol–water partition coefficient (Wildman–Crippen LogP) is 1.68. The minimum Gasteiger partial charge on any atom is -0.300 e. The summed E-state index contributed by atoms with van der Waals surface area (Å²) in [5.74, 6) is 0. The lowest BCUT2D eigenvalue weighted by Crippen LogP contribution is -2.40. The first-order valence-electron chi connectivity index (χ1n) is 3.84. The molecule has 1 atom stereocenters. The molecule has 58 valence electrons. The third kappa shape index (κ3) is 2.84. The van der Waals surface area contributed by atoms with Gasteiger partial charge in [0.15, 0.2) is 0 Å². The number of hydrogen-bond acceptors (Lipinski definition) is 2. The van der Waals surface area contributed by atoms with Crippen LogP contribution < -0.4 is 5.32 Å². The van der Waals surface area contributed by atoms with Gasteiger partial charge in [-0.1, -0.05) is 13.8 Å². The molecule has 0 bridgehead atoms. The Morgan fingerprint density at radius 1 is 1.50 bits per heavy atom. The molecule has 0 aromatic rings. The van der Waals surface area contributed by atoms with Crippen molar-refractivity contribution in [2.24, 2.45) is 0 Å². The van der Waals surface area contributed by atoms with Gasteiger partial charge >= 0.3 is 0 Å². The minimum atomic E-state index is -0.310. The Hall–Kier alpha value is -0.550. The maximum absolute atomic E-state index is 8.70. The zero-order valence-electron chi connectivity index (χ0n) is 7.07. The van der Waals surface area contributed by atoms with Crippen LogP contribution in [-0.4, -0.2) is 12.1 Å². The van der Waals surface area contributed by atoms with E-state index in [-0.39, 0.29) is 5.54 Å². The van der Waals surface area contributed by atoms with E-state index in [0.29, 0.717) is 0 Å². The molecule has 1 unspecified atom stereocenters. The molecule has 0 aliphatic rings. The Bertz CT molecular complexity index is 126. The standard InChI is InChI=1S/C8H16N2/c1-4-6-10-8(3,5-2)7-9/h10H,4-6H2,1-3H3. The van der Waals surface area contributed by atoms with Gasteiger partial charge in [0.05, 0.1) is 6.07 Å². The number of rotatable bonds is 4. The summed E-state index contributed by atoms with van der Waals surface area (Å²) in [6.07, 6.45) is 1.95. The molecule has 0 radical (unpaired) electrons. The number of nitrogens with one attached hydrogen (secondary N) is 1. The molecule has 0 saturated heterocycles. The SMILES string of the molecule is CCCNC(C)(C#N)CC. The summed E-state index contributed by atoms with van der Waals surface area (Å²) in [6, 6.07) is 2.25. The van der Waals surface area contributed by atoms with E-state index in [1.165, 1.54) is 0 Å². The molecule has 0 amide bonds. The van der Waals surface area contributed by atoms with E-state index < -0.39 is 0 Å². The molecule has 0 aromatic heterocycles. The van der Waals surface area contributed by atoms with Crippen molar-refractivity contribution in [1.82, 2.24) is 5.32 Å². The van der Waals surface area contributed by atoms with Crippen molar-refractivity contribution in [2.75, 3.05) is 6.54 Å². The molecule has 0 spiro atoms. The Labute approximate surface area is 63.2 Å². The van der Waals surface area contributed by atoms with Crippen LogP contribution in [0.15, 0.2) is 0 Å². The average molecular weight is 140 g/mol. The minimum absolute atomic E-state index is 0.310. The Morgan fingerprint density at radius 2 is 2.10 bits per heavy atom. The van der Waals surface area contributed by atoms with E-state index in [2.05, 4.69) is 18.3 Å². The van der Waals surface area contributed by atoms with Gasteiger partial charge in [0.2, 0.25) is 0 Å². The van der Waals surface area contributed by atoms with Crippen LogP contribution in [0.25, 0.3) is 0 Å². The van der Waals surface area contributed by atoms with E-state index in [9.17, 15) is 0 Å². The van der Waals surface area contributed by atoms with Gasteiger partial charge in [-0.2, -0.15) is 5.26 Å². The third-order valence-electron chi connectivity index (χ3n) is 1.72. The molecule has 1 N–H and O–H groups in total. The maximum Gasteiger partial charge on any atom is 0.103 e. The van der Waals surface area contributed by atoms with Crippen LogP contribution in [0.4, 0.5) is 0 Å². The summed E-state index contributed by atoms with van der Waals surface area (Å²) in [4.78, 5) is 0. The monoisotopic (exact) mass is 140 g/mol. The van der Waals surface area contributed by atoms with Gasteiger partial charge < -0.3 is 0 Å². The first-order chi connectivity index (χ1) is 4.68. The van der Waals surface area contributed by atoms with Crippen LogP contribution in [0, 0.1) is 11.3 Å². The molecule has 0 aliphatic heterocycles. The third-order valence-corrected chi connectivity index (χ3v) is 1.72. The topological polar surface area (TPSA) is 35.8 Å². The lowest BCUT2D eigenvalue weighted by atomic mass is 10.0. The second-order valence-corrected chi connectivity index (χ2v) is 2.72. The van der Waals surface area contributed by atoms with Crippen LogP contribution in [0.1, 0.15) is 33.6 Å². The highest BCUT2D eigenvalue weighted by atomic mass is 15.0. The van der Waals surface area contributed by atoms with E-state index in [1.807, 2.05) is 13.8 Å². The summed E-state index contributed by atoms with van der Waals surface area (Å²) < 4.78 is 0. The second-order valence-electron chi connectivity index (χ2n) is 2.72. The highest BCUT2D eigenvalue weighted by Gasteiger charge is 2.18. The van der Waals surface area contributed by atoms with E-state index >= 15 is 0 Å². The fraction of sp³-hybridized carbons (Fsp3) is 0.875. The zero-order valence-corrected chi connectivity index (χ0v) is 7.07. The highest BCUT2D eigenvalue weighted by Crippen LogP contribution is 2.05. The zero-order chi connectivity index (χ0) is 8.04. The van der Waals surface area contributed by atoms with Gasteiger partial charge in [-0.05, 0) is 26.3 Å². The van der Waals surface area contributed by atoms with Crippen LogP contribution in [0.3, 0.4) is 0 Å². The van der Waals surface area contributed by atoms with Crippen LogP contribution in [0.5, 0.6) is 0 Å². The van der Waals surface area contributed by atoms with Gasteiger partial charge in [-0.3, -0.25) is 5.32 Å². The van der Waals surface area contributed by atoms with E-state index in [4.69, 9.17) is 5.26 Å². The number of nitriles is 1. The summed E-state index contributed by atoms with van der Waals surface area (Å²) >= 11 is 0. The lowest BCUT2D eigenvalue weighted by molar-refractivity contribution is 0.435. The average Bonchev–Trinajstić information content (AvgIpc) is 2.00. The summed E-state index contributed by atoms with van der Waals surface area (Å²) in [5.41, 5.74) is -0.310. The maximum atomic E-state index is 8.70. The predicted molar refractivity (Wildman–Crippen MR) is 42.6 cm³/mol. The van der Waals surface area contributed by atoms with Crippen molar-refractivity contribution >= 4 is 0 Å². The smallest absolute Gasteiger partial charge is 0.103 e. The van der Waals surface area contributed by atoms with Crippen molar-refractivity contribution in [3.63, 3.8) is 0 Å². The van der Waals surface area contributed by atoms with Crippen molar-refractivity contribution in [3.05, 3.63) is 0 Å². The molecule has 0 rings (SSSR count). The Morgan fingerprint density at radius 3 is 2.40 bits per heavy atom. The molecule has 2 heteroatoms. The van der Waals surface area contributed by atoms with Crippen molar-refractivity contribution in [1.29, 1.82) is 5.26 Å². The largest absolute Gasteiger partial charge is 0.300 e. The quantitative estimate of drug-likeness (QED) is 0.645. The molecule has 0 aromatic carbocycles. The highest BCUT2D eigenvalue weighted by molar-refractivity contribution is 5.02. The van der Waals surface area contributed by atoms with Crippen molar-refractivity contribution < 1.29 is 0 Å². The normalized spacial score (nSPS) is 15.8. The van der Waals surface area contributed by atoms with E-state index in [1.54, 1.807) is 0 Å². The number of hydrogen-bond donors (Lipinski definition) is 1. The Balaban J connectivity index is 3.72. The fourth-order valence-electron chi connectivity index (χ4n) is 0.644. The first-order valence-corrected chi connectivity index (χ1v) is 3.84. The fourth-order valence-corrected chi connectivity index (χ4v) is 0.644. The van der Waals surface area contributed by atoms with Gasteiger partial charge in [-0.15, -0.1) is 0 Å². The van der Waals surface area contributed by atoms with Gasteiger partial charge in [0, 0.05) is 0 Å². The summed E-state index contributed by atoms with van der Waals surface area (Å²) in [7, 11) is 0. The molecule has 0 saturated carbocycles. The lowest BCUT2D eigenvalue weighted by Gasteiger charge is -2.20. The molecule has 0 aliphatic carbocycles. The molecule has 2 nitrogen and oxygen atoms in total. The van der Waals surface area contributed by atoms with Crippen LogP contribution in [0.2, 0.25) is 0 Å². The molecular formula is C8H16N2. The molecular weight excluding hydrogens is 124 g/mol. The molecule has 10 heavy (non-hydrogen) atoms. The van der Waals surface area contributed by atoms with Crippen LogP contribution in [-0.2, 0) is 0 Å². The summed E-state index contributed by atoms with van der Waals surface area (Å²) in [6.45, 7) is 6.98. The van der Waals surface area contributed by atoms with Gasteiger partial charge in [0.25, 0.3) is 0 Å². The molecule has 0 heterocycles. The van der Waals surface area contributed by atoms with E-state index in [0.717, 1.165) is 19.4 Å². The molecule has 0 fully saturated rings. The van der Waals surface area contributed by atoms with Gasteiger partial charge in [-0.25, -0.2) is 0 Å². The first kappa shape index (κ1) is 9.45. The van der Waals surface area contributed by atoms with Crippen LogP contribution >= 0.6 is 0 Å².